The molecule has 0 atom stereocenters. The zero-order valence-electron chi connectivity index (χ0n) is 15.8. The van der Waals surface area contributed by atoms with Gasteiger partial charge in [0.1, 0.15) is 5.75 Å². The van der Waals surface area contributed by atoms with E-state index < -0.39 is 0 Å². The molecular weight excluding hydrogens is 504 g/mol. The number of methoxy groups -OCH3 is 1. The second-order valence-corrected chi connectivity index (χ2v) is 9.13. The minimum Gasteiger partial charge on any atom is -0.496 e. The number of thioether (sulfide) groups is 1. The molecule has 3 aromatic rings. The molecule has 1 heterocycles. The summed E-state index contributed by atoms with van der Waals surface area (Å²) in [4.78, 5) is 0. The van der Waals surface area contributed by atoms with Gasteiger partial charge in [-0.15, -0.1) is 10.2 Å². The van der Waals surface area contributed by atoms with Crippen molar-refractivity contribution in [3.63, 3.8) is 0 Å². The number of benzene rings is 2. The van der Waals surface area contributed by atoms with Gasteiger partial charge in [-0.1, -0.05) is 69.6 Å². The van der Waals surface area contributed by atoms with Crippen LogP contribution in [0.15, 0.2) is 61.7 Å². The third-order valence-corrected chi connectivity index (χ3v) is 5.95. The quantitative estimate of drug-likeness (QED) is 0.277. The second kappa shape index (κ2) is 9.71. The zero-order chi connectivity index (χ0) is 20.1. The lowest BCUT2D eigenvalue weighted by Gasteiger charge is -2.08. The second-order valence-electron chi connectivity index (χ2n) is 6.35. The van der Waals surface area contributed by atoms with E-state index in [1.165, 1.54) is 5.56 Å². The summed E-state index contributed by atoms with van der Waals surface area (Å²) in [5.41, 5.74) is 2.09. The van der Waals surface area contributed by atoms with E-state index in [1.54, 1.807) is 25.1 Å². The first-order valence-corrected chi connectivity index (χ1v) is 11.3. The Morgan fingerprint density at radius 3 is 2.50 bits per heavy atom. The molecule has 0 aliphatic carbocycles. The lowest BCUT2D eigenvalue weighted by Crippen LogP contribution is -2.02. The molecule has 0 aliphatic heterocycles. The molecule has 2 aromatic carbocycles. The average molecular weight is 524 g/mol. The highest BCUT2D eigenvalue weighted by Gasteiger charge is 2.15. The summed E-state index contributed by atoms with van der Waals surface area (Å²) in [6.45, 7) is 4.16. The molecule has 0 aliphatic rings. The number of nitrogens with zero attached hydrogens (tertiary/aromatic N) is 4. The van der Waals surface area contributed by atoms with Gasteiger partial charge in [-0.05, 0) is 35.9 Å². The summed E-state index contributed by atoms with van der Waals surface area (Å²) in [5.74, 6) is 2.58. The largest absolute Gasteiger partial charge is 0.496 e. The Labute approximate surface area is 185 Å². The molecule has 0 spiro atoms. The highest BCUT2D eigenvalue weighted by atomic mass is 79.9. The van der Waals surface area contributed by atoms with Crippen LogP contribution in [0.1, 0.15) is 36.7 Å². The number of aromatic nitrogens is 3. The van der Waals surface area contributed by atoms with Crippen molar-refractivity contribution in [1.82, 2.24) is 14.9 Å². The summed E-state index contributed by atoms with van der Waals surface area (Å²) in [6, 6.07) is 14.1. The first kappa shape index (κ1) is 21.1. The van der Waals surface area contributed by atoms with Crippen molar-refractivity contribution in [2.45, 2.75) is 30.7 Å². The Bertz CT molecular complexity index is 971. The van der Waals surface area contributed by atoms with E-state index in [9.17, 15) is 0 Å². The van der Waals surface area contributed by atoms with E-state index in [1.807, 2.05) is 35.0 Å². The number of hydrogen-bond acceptors (Lipinski definition) is 5. The Morgan fingerprint density at radius 1 is 1.11 bits per heavy atom. The lowest BCUT2D eigenvalue weighted by atomic mass is 10.2. The van der Waals surface area contributed by atoms with Crippen molar-refractivity contribution < 1.29 is 4.74 Å². The molecule has 5 nitrogen and oxygen atoms in total. The average Bonchev–Trinajstić information content (AvgIpc) is 3.09. The summed E-state index contributed by atoms with van der Waals surface area (Å²) in [5, 5.41) is 14.1. The van der Waals surface area contributed by atoms with Crippen molar-refractivity contribution in [1.29, 1.82) is 0 Å². The van der Waals surface area contributed by atoms with Crippen molar-refractivity contribution >= 4 is 49.8 Å². The van der Waals surface area contributed by atoms with Crippen molar-refractivity contribution in [2.75, 3.05) is 7.11 Å². The molecular formula is C20H20Br2N4OS. The van der Waals surface area contributed by atoms with Gasteiger partial charge in [-0.25, -0.2) is 0 Å². The van der Waals surface area contributed by atoms with Crippen LogP contribution in [-0.2, 0) is 5.75 Å². The molecule has 0 fully saturated rings. The fourth-order valence-corrected chi connectivity index (χ4v) is 3.98. The molecule has 0 unspecified atom stereocenters. The van der Waals surface area contributed by atoms with Crippen LogP contribution in [0.5, 0.6) is 5.75 Å². The van der Waals surface area contributed by atoms with E-state index in [4.69, 9.17) is 4.74 Å². The summed E-state index contributed by atoms with van der Waals surface area (Å²) < 4.78 is 9.28. The predicted octanol–water partition coefficient (Wildman–Crippen LogP) is 6.11. The van der Waals surface area contributed by atoms with Crippen LogP contribution < -0.4 is 4.74 Å². The SMILES string of the molecule is COc1ccc(Br)cc1/C=N/n1c(SCc2ccc(Br)cc2)nnc1C(C)C. The Hall–Kier alpha value is -1.64. The fraction of sp³-hybridized carbons (Fsp3) is 0.250. The molecule has 0 saturated carbocycles. The van der Waals surface area contributed by atoms with Gasteiger partial charge < -0.3 is 4.74 Å². The van der Waals surface area contributed by atoms with E-state index in [-0.39, 0.29) is 5.92 Å². The summed E-state index contributed by atoms with van der Waals surface area (Å²) >= 11 is 8.57. The maximum atomic E-state index is 5.43. The van der Waals surface area contributed by atoms with E-state index in [0.29, 0.717) is 0 Å². The fourth-order valence-electron chi connectivity index (χ4n) is 2.49. The van der Waals surface area contributed by atoms with Crippen LogP contribution in [0.4, 0.5) is 0 Å². The highest BCUT2D eigenvalue weighted by molar-refractivity contribution is 9.10. The van der Waals surface area contributed by atoms with E-state index >= 15 is 0 Å². The van der Waals surface area contributed by atoms with Gasteiger partial charge in [-0.2, -0.15) is 9.78 Å². The number of rotatable bonds is 7. The molecule has 28 heavy (non-hydrogen) atoms. The smallest absolute Gasteiger partial charge is 0.212 e. The molecule has 0 saturated heterocycles. The Kier molecular flexibility index (Phi) is 7.31. The van der Waals surface area contributed by atoms with Crippen LogP contribution in [0.25, 0.3) is 0 Å². The van der Waals surface area contributed by atoms with Crippen molar-refractivity contribution in [2.24, 2.45) is 5.10 Å². The molecule has 146 valence electrons. The minimum atomic E-state index is 0.205. The van der Waals surface area contributed by atoms with Gasteiger partial charge in [0.05, 0.1) is 13.3 Å². The third-order valence-electron chi connectivity index (χ3n) is 3.94. The Balaban J connectivity index is 1.87. The maximum absolute atomic E-state index is 5.43. The zero-order valence-corrected chi connectivity index (χ0v) is 19.8. The standard InChI is InChI=1S/C20H20Br2N4OS/c1-13(2)19-24-25-20(28-12-14-4-6-16(21)7-5-14)26(19)23-11-15-10-17(22)8-9-18(15)27-3/h4-11,13H,12H2,1-3H3/b23-11+. The van der Waals surface area contributed by atoms with Crippen molar-refractivity contribution in [3.8, 4) is 5.75 Å². The summed E-state index contributed by atoms with van der Waals surface area (Å²) in [7, 11) is 1.65. The summed E-state index contributed by atoms with van der Waals surface area (Å²) in [6.07, 6.45) is 1.78. The minimum absolute atomic E-state index is 0.205. The van der Waals surface area contributed by atoms with Crippen LogP contribution in [0.2, 0.25) is 0 Å². The molecule has 3 rings (SSSR count). The molecule has 1 aromatic heterocycles. The van der Waals surface area contributed by atoms with Crippen LogP contribution in [0, 0.1) is 0 Å². The third kappa shape index (κ3) is 5.24. The topological polar surface area (TPSA) is 52.3 Å². The first-order valence-electron chi connectivity index (χ1n) is 8.68. The van der Waals surface area contributed by atoms with Crippen LogP contribution in [0.3, 0.4) is 0 Å². The van der Waals surface area contributed by atoms with Crippen molar-refractivity contribution in [3.05, 3.63) is 68.4 Å². The highest BCUT2D eigenvalue weighted by Crippen LogP contribution is 2.26. The molecule has 0 radical (unpaired) electrons. The number of halogens is 2. The molecule has 0 N–H and O–H groups in total. The maximum Gasteiger partial charge on any atom is 0.212 e. The normalized spacial score (nSPS) is 11.5. The van der Waals surface area contributed by atoms with Crippen LogP contribution >= 0.6 is 43.6 Å². The van der Waals surface area contributed by atoms with E-state index in [0.717, 1.165) is 37.0 Å². The molecule has 0 amide bonds. The van der Waals surface area contributed by atoms with Gasteiger partial charge in [0.2, 0.25) is 5.16 Å². The Morgan fingerprint density at radius 2 is 1.82 bits per heavy atom. The first-order chi connectivity index (χ1) is 13.5. The van der Waals surface area contributed by atoms with Gasteiger partial charge >= 0.3 is 0 Å². The van der Waals surface area contributed by atoms with E-state index in [2.05, 4.69) is 73.1 Å². The molecule has 0 bridgehead atoms. The van der Waals surface area contributed by atoms with Gasteiger partial charge in [0.15, 0.2) is 5.82 Å². The monoisotopic (exact) mass is 522 g/mol. The van der Waals surface area contributed by atoms with Gasteiger partial charge in [0.25, 0.3) is 0 Å². The van der Waals surface area contributed by atoms with Crippen LogP contribution in [-0.4, -0.2) is 28.2 Å². The van der Waals surface area contributed by atoms with Gasteiger partial charge in [0, 0.05) is 26.2 Å². The molecule has 8 heteroatoms. The number of hydrogen-bond donors (Lipinski definition) is 0. The lowest BCUT2D eigenvalue weighted by molar-refractivity contribution is 0.414. The predicted molar refractivity (Wildman–Crippen MR) is 122 cm³/mol. The number of ether oxygens (including phenoxy) is 1. The van der Waals surface area contributed by atoms with Gasteiger partial charge in [-0.3, -0.25) is 0 Å².